The first-order valence-electron chi connectivity index (χ1n) is 9.95. The molecule has 1 saturated carbocycles. The molecular formula is C23H22ClN3O2. The number of hydrogen-bond acceptors (Lipinski definition) is 4. The lowest BCUT2D eigenvalue weighted by Gasteiger charge is -2.42. The summed E-state index contributed by atoms with van der Waals surface area (Å²) >= 11 is 6.47. The lowest BCUT2D eigenvalue weighted by atomic mass is 9.73. The highest BCUT2D eigenvalue weighted by Crippen LogP contribution is 2.44. The van der Waals surface area contributed by atoms with E-state index in [1.807, 2.05) is 42.6 Å². The molecule has 2 aliphatic rings. The number of Topliss-reactive ketones (excluding diaryl/α,β-unsaturated/α-hetero) is 1. The number of aromatic amines is 1. The summed E-state index contributed by atoms with van der Waals surface area (Å²) in [5.41, 5.74) is 8.47. The van der Waals surface area contributed by atoms with Gasteiger partial charge in [0, 0.05) is 27.7 Å². The van der Waals surface area contributed by atoms with Crippen LogP contribution >= 0.6 is 11.6 Å². The first-order valence-corrected chi connectivity index (χ1v) is 10.3. The molecule has 6 heteroatoms. The van der Waals surface area contributed by atoms with E-state index >= 15 is 0 Å². The average molecular weight is 408 g/mol. The number of ketones is 1. The summed E-state index contributed by atoms with van der Waals surface area (Å²) in [6, 6.07) is 15.1. The molecule has 1 unspecified atom stereocenters. The second-order valence-electron chi connectivity index (χ2n) is 7.82. The van der Waals surface area contributed by atoms with Crippen molar-refractivity contribution in [1.29, 1.82) is 0 Å². The Hall–Kier alpha value is -2.63. The molecule has 2 bridgehead atoms. The van der Waals surface area contributed by atoms with Crippen LogP contribution in [0, 0.1) is 0 Å². The number of aromatic nitrogens is 1. The van der Waals surface area contributed by atoms with E-state index in [1.54, 1.807) is 6.07 Å². The van der Waals surface area contributed by atoms with E-state index in [2.05, 4.69) is 11.1 Å². The molecule has 2 aromatic carbocycles. The van der Waals surface area contributed by atoms with Gasteiger partial charge in [-0.2, -0.15) is 0 Å². The molecule has 148 valence electrons. The summed E-state index contributed by atoms with van der Waals surface area (Å²) in [5.74, 6) is 0.430. The van der Waals surface area contributed by atoms with Crippen molar-refractivity contribution in [2.45, 2.75) is 43.4 Å². The third-order valence-corrected chi connectivity index (χ3v) is 6.35. The van der Waals surface area contributed by atoms with Gasteiger partial charge in [-0.25, -0.2) is 4.99 Å². The van der Waals surface area contributed by atoms with Crippen molar-refractivity contribution in [3.05, 3.63) is 70.9 Å². The van der Waals surface area contributed by atoms with Crippen molar-refractivity contribution in [3.8, 4) is 0 Å². The zero-order valence-corrected chi connectivity index (χ0v) is 16.7. The fourth-order valence-corrected chi connectivity index (χ4v) is 4.86. The minimum atomic E-state index is -0.993. The van der Waals surface area contributed by atoms with Gasteiger partial charge in [-0.3, -0.25) is 4.79 Å². The molecule has 0 amide bonds. The highest BCUT2D eigenvalue weighted by atomic mass is 35.5. The Morgan fingerprint density at radius 2 is 2.03 bits per heavy atom. The van der Waals surface area contributed by atoms with E-state index in [0.29, 0.717) is 30.2 Å². The van der Waals surface area contributed by atoms with Crippen LogP contribution in [0.5, 0.6) is 0 Å². The molecule has 5 rings (SSSR count). The van der Waals surface area contributed by atoms with Crippen LogP contribution < -0.4 is 5.73 Å². The molecule has 1 fully saturated rings. The third-order valence-electron chi connectivity index (χ3n) is 6.02. The molecule has 3 N–H and O–H groups in total. The monoisotopic (exact) mass is 407 g/mol. The van der Waals surface area contributed by atoms with Crippen molar-refractivity contribution < 1.29 is 9.53 Å². The molecule has 5 nitrogen and oxygen atoms in total. The maximum Gasteiger partial charge on any atom is 0.205 e. The van der Waals surface area contributed by atoms with E-state index in [-0.39, 0.29) is 5.78 Å². The van der Waals surface area contributed by atoms with Crippen molar-refractivity contribution >= 4 is 34.2 Å². The number of nitrogens with zero attached hydrogens (tertiary/aromatic N) is 1. The number of fused-ring (bicyclic) bond motifs is 3. The van der Waals surface area contributed by atoms with Gasteiger partial charge in [-0.15, -0.1) is 0 Å². The van der Waals surface area contributed by atoms with Crippen molar-refractivity contribution in [3.63, 3.8) is 0 Å². The van der Waals surface area contributed by atoms with Crippen LogP contribution in [0.3, 0.4) is 0 Å². The number of hydrogen-bond donors (Lipinski definition) is 2. The van der Waals surface area contributed by atoms with Crippen LogP contribution in [-0.4, -0.2) is 28.8 Å². The first kappa shape index (κ1) is 18.4. The predicted molar refractivity (Wildman–Crippen MR) is 114 cm³/mol. The molecule has 0 saturated heterocycles. The van der Waals surface area contributed by atoms with Crippen molar-refractivity contribution in [2.75, 3.05) is 0 Å². The number of para-hydroxylation sites is 1. The van der Waals surface area contributed by atoms with Gasteiger partial charge in [-0.1, -0.05) is 48.0 Å². The number of H-pyrrole nitrogens is 1. The quantitative estimate of drug-likeness (QED) is 0.682. The summed E-state index contributed by atoms with van der Waals surface area (Å²) in [6.45, 7) is 0. The number of ether oxygens (including phenoxy) is 1. The van der Waals surface area contributed by atoms with Crippen LogP contribution in [0.15, 0.2) is 59.7 Å². The van der Waals surface area contributed by atoms with Gasteiger partial charge < -0.3 is 15.5 Å². The molecular weight excluding hydrogens is 386 g/mol. The van der Waals surface area contributed by atoms with Crippen LogP contribution in [0.4, 0.5) is 0 Å². The average Bonchev–Trinajstić information content (AvgIpc) is 3.11. The summed E-state index contributed by atoms with van der Waals surface area (Å²) in [5, 5.41) is 1.69. The minimum Gasteiger partial charge on any atom is -0.468 e. The Kier molecular flexibility index (Phi) is 4.45. The number of halogens is 1. The van der Waals surface area contributed by atoms with E-state index in [0.717, 1.165) is 28.5 Å². The van der Waals surface area contributed by atoms with Gasteiger partial charge in [0.05, 0.1) is 6.04 Å². The maximum absolute atomic E-state index is 13.2. The summed E-state index contributed by atoms with van der Waals surface area (Å²) in [4.78, 5) is 21.3. The van der Waals surface area contributed by atoms with Crippen molar-refractivity contribution in [1.82, 2.24) is 4.98 Å². The Bertz CT molecular complexity index is 1120. The molecule has 2 heterocycles. The van der Waals surface area contributed by atoms with Gasteiger partial charge >= 0.3 is 0 Å². The molecule has 1 aliphatic heterocycles. The number of aliphatic imine (C=N–C) groups is 1. The fourth-order valence-electron chi connectivity index (χ4n) is 4.57. The highest BCUT2D eigenvalue weighted by Gasteiger charge is 2.52. The molecule has 0 radical (unpaired) electrons. The van der Waals surface area contributed by atoms with Gasteiger partial charge in [0.2, 0.25) is 11.7 Å². The van der Waals surface area contributed by atoms with Crippen molar-refractivity contribution in [2.24, 2.45) is 10.7 Å². The number of carbonyl (C=O) groups excluding carboxylic acids is 1. The largest absolute Gasteiger partial charge is 0.468 e. The van der Waals surface area contributed by atoms with Gasteiger partial charge in [0.25, 0.3) is 0 Å². The Morgan fingerprint density at radius 1 is 1.24 bits per heavy atom. The number of carbonyl (C=O) groups is 1. The van der Waals surface area contributed by atoms with Gasteiger partial charge in [-0.05, 0) is 43.4 Å². The zero-order chi connectivity index (χ0) is 20.0. The van der Waals surface area contributed by atoms with E-state index in [4.69, 9.17) is 27.1 Å². The molecule has 0 spiro atoms. The third kappa shape index (κ3) is 2.96. The topological polar surface area (TPSA) is 80.5 Å². The fraction of sp³-hybridized carbons (Fsp3) is 0.304. The van der Waals surface area contributed by atoms with Crippen LogP contribution in [0.25, 0.3) is 10.9 Å². The second kappa shape index (κ2) is 7.01. The zero-order valence-electron chi connectivity index (χ0n) is 15.9. The first-order chi connectivity index (χ1) is 14.1. The second-order valence-corrected chi connectivity index (χ2v) is 8.23. The van der Waals surface area contributed by atoms with Crippen LogP contribution in [0.1, 0.15) is 30.4 Å². The normalized spacial score (nSPS) is 24.8. The minimum absolute atomic E-state index is 0.0140. The predicted octanol–water partition coefficient (Wildman–Crippen LogP) is 4.14. The number of nitrogens with two attached hydrogens (primary N) is 1. The number of nitrogens with one attached hydrogen (secondary N) is 1. The van der Waals surface area contributed by atoms with Gasteiger partial charge in [0.1, 0.15) is 0 Å². The molecule has 3 aromatic rings. The SMILES string of the molecule is N[C@@H](Cc1c[nH]c2ccccc12)C1=NC2(c3ccccc3Cl)CCC[C@H](O1)C2=O. The summed E-state index contributed by atoms with van der Waals surface area (Å²) in [7, 11) is 0. The summed E-state index contributed by atoms with van der Waals surface area (Å²) < 4.78 is 6.00. The van der Waals surface area contributed by atoms with E-state index in [9.17, 15) is 4.79 Å². The summed E-state index contributed by atoms with van der Waals surface area (Å²) in [6.07, 6.45) is 4.20. The standard InChI is InChI=1S/C23H22ClN3O2/c24-17-8-3-2-7-16(17)23-11-5-10-20(21(23)28)29-22(27-23)18(25)12-14-13-26-19-9-4-1-6-15(14)19/h1-4,6-9,13,18,20,26H,5,10-12,25H2/t18-,20-,23?/m0/s1. The molecule has 3 atom stereocenters. The Balaban J connectivity index is 1.53. The lowest BCUT2D eigenvalue weighted by Crippen LogP contribution is -2.54. The Morgan fingerprint density at radius 3 is 2.90 bits per heavy atom. The lowest BCUT2D eigenvalue weighted by molar-refractivity contribution is -0.137. The van der Waals surface area contributed by atoms with E-state index in [1.165, 1.54) is 0 Å². The smallest absolute Gasteiger partial charge is 0.205 e. The molecule has 1 aromatic heterocycles. The van der Waals surface area contributed by atoms with Crippen LogP contribution in [0.2, 0.25) is 5.02 Å². The molecule has 1 aliphatic carbocycles. The van der Waals surface area contributed by atoms with E-state index < -0.39 is 17.7 Å². The van der Waals surface area contributed by atoms with Gasteiger partial charge in [0.15, 0.2) is 11.6 Å². The number of benzene rings is 2. The molecule has 29 heavy (non-hydrogen) atoms. The Labute approximate surface area is 173 Å². The number of rotatable bonds is 4. The highest BCUT2D eigenvalue weighted by molar-refractivity contribution is 6.32. The van der Waals surface area contributed by atoms with Crippen LogP contribution in [-0.2, 0) is 21.5 Å². The maximum atomic E-state index is 13.2.